The Kier molecular flexibility index (Phi) is 3.60. The van der Waals surface area contributed by atoms with Gasteiger partial charge in [-0.2, -0.15) is 0 Å². The van der Waals surface area contributed by atoms with Crippen molar-refractivity contribution < 1.29 is 0 Å². The Bertz CT molecular complexity index is 1270. The second-order valence-electron chi connectivity index (χ2n) is 6.55. The number of aryl methyl sites for hydroxylation is 1. The lowest BCUT2D eigenvalue weighted by Crippen LogP contribution is -2.03. The third-order valence-electron chi connectivity index (χ3n) is 4.54. The number of nitrogens with zero attached hydrogens (tertiary/aromatic N) is 6. The highest BCUT2D eigenvalue weighted by molar-refractivity contribution is 5.79. The first-order chi connectivity index (χ1) is 13.3. The molecule has 0 N–H and O–H groups in total. The smallest absolute Gasteiger partial charge is 0.221 e. The first-order valence-corrected chi connectivity index (χ1v) is 8.73. The molecular weight excluding hydrogens is 336 g/mol. The molecule has 0 aliphatic heterocycles. The van der Waals surface area contributed by atoms with Crippen molar-refractivity contribution in [2.75, 3.05) is 0 Å². The van der Waals surface area contributed by atoms with Gasteiger partial charge in [0.2, 0.25) is 5.65 Å². The largest absolute Gasteiger partial charge is 0.256 e. The zero-order valence-electron chi connectivity index (χ0n) is 14.7. The van der Waals surface area contributed by atoms with E-state index in [2.05, 4.69) is 57.5 Å². The van der Waals surface area contributed by atoms with Gasteiger partial charge in [0.1, 0.15) is 0 Å². The summed E-state index contributed by atoms with van der Waals surface area (Å²) >= 11 is 0. The van der Waals surface area contributed by atoms with Crippen molar-refractivity contribution in [3.63, 3.8) is 0 Å². The van der Waals surface area contributed by atoms with Gasteiger partial charge in [-0.3, -0.25) is 4.98 Å². The summed E-state index contributed by atoms with van der Waals surface area (Å²) in [5.41, 5.74) is 6.36. The van der Waals surface area contributed by atoms with Crippen LogP contribution in [-0.2, 0) is 6.54 Å². The second-order valence-corrected chi connectivity index (χ2v) is 6.55. The van der Waals surface area contributed by atoms with Crippen LogP contribution in [0, 0.1) is 6.92 Å². The number of pyridine rings is 1. The van der Waals surface area contributed by atoms with Crippen LogP contribution in [0.1, 0.15) is 11.1 Å². The Morgan fingerprint density at radius 1 is 0.963 bits per heavy atom. The van der Waals surface area contributed by atoms with Crippen LogP contribution in [0.4, 0.5) is 0 Å². The Morgan fingerprint density at radius 2 is 1.93 bits per heavy atom. The lowest BCUT2D eigenvalue weighted by molar-refractivity contribution is 0.664. The van der Waals surface area contributed by atoms with Crippen molar-refractivity contribution in [2.24, 2.45) is 0 Å². The first kappa shape index (κ1) is 15.6. The minimum Gasteiger partial charge on any atom is -0.256 e. The van der Waals surface area contributed by atoms with Gasteiger partial charge in [-0.05, 0) is 36.8 Å². The molecule has 0 atom stereocenters. The van der Waals surface area contributed by atoms with E-state index >= 15 is 0 Å². The maximum atomic E-state index is 4.77. The molecule has 0 radical (unpaired) electrons. The van der Waals surface area contributed by atoms with Crippen LogP contribution >= 0.6 is 0 Å². The van der Waals surface area contributed by atoms with E-state index in [1.165, 1.54) is 5.56 Å². The fourth-order valence-corrected chi connectivity index (χ4v) is 3.20. The predicted octanol–water partition coefficient (Wildman–Crippen LogP) is 3.79. The van der Waals surface area contributed by atoms with Gasteiger partial charge in [0.25, 0.3) is 0 Å². The zero-order valence-corrected chi connectivity index (χ0v) is 14.7. The van der Waals surface area contributed by atoms with Crippen LogP contribution < -0.4 is 0 Å². The molecule has 0 aliphatic rings. The highest BCUT2D eigenvalue weighted by atomic mass is 15.4. The molecule has 5 rings (SSSR count). The number of rotatable bonds is 3. The molecule has 3 heterocycles. The summed E-state index contributed by atoms with van der Waals surface area (Å²) in [4.78, 5) is 13.6. The van der Waals surface area contributed by atoms with E-state index in [9.17, 15) is 0 Å². The molecule has 0 fully saturated rings. The summed E-state index contributed by atoms with van der Waals surface area (Å²) in [7, 11) is 0. The van der Waals surface area contributed by atoms with Gasteiger partial charge >= 0.3 is 0 Å². The summed E-state index contributed by atoms with van der Waals surface area (Å²) in [6.45, 7) is 2.64. The summed E-state index contributed by atoms with van der Waals surface area (Å²) in [6, 6.07) is 18.4. The monoisotopic (exact) mass is 352 g/mol. The maximum absolute atomic E-state index is 4.77. The first-order valence-electron chi connectivity index (χ1n) is 8.73. The number of benzene rings is 2. The second kappa shape index (κ2) is 6.25. The standard InChI is InChI=1S/C21H16N6/c1-14-4-2-5-16(10-14)19-12-23-20-21(24-19)27(26-25-20)13-15-7-8-18-17(11-15)6-3-9-22-18/h2-12H,13H2,1H3. The van der Waals surface area contributed by atoms with E-state index in [0.29, 0.717) is 17.8 Å². The van der Waals surface area contributed by atoms with Crippen molar-refractivity contribution in [1.29, 1.82) is 0 Å². The normalized spacial score (nSPS) is 11.3. The van der Waals surface area contributed by atoms with E-state index in [1.807, 2.05) is 24.3 Å². The molecule has 6 heteroatoms. The van der Waals surface area contributed by atoms with Crippen molar-refractivity contribution >= 4 is 22.2 Å². The zero-order chi connectivity index (χ0) is 18.2. The molecule has 0 bridgehead atoms. The fourth-order valence-electron chi connectivity index (χ4n) is 3.20. The molecular formula is C21H16N6. The minimum atomic E-state index is 0.550. The summed E-state index contributed by atoms with van der Waals surface area (Å²) in [5.74, 6) is 0. The highest BCUT2D eigenvalue weighted by Crippen LogP contribution is 2.20. The van der Waals surface area contributed by atoms with Crippen molar-refractivity contribution in [2.45, 2.75) is 13.5 Å². The molecule has 0 saturated heterocycles. The number of hydrogen-bond acceptors (Lipinski definition) is 5. The Balaban J connectivity index is 1.55. The fraction of sp³-hybridized carbons (Fsp3) is 0.0952. The predicted molar refractivity (Wildman–Crippen MR) is 104 cm³/mol. The SMILES string of the molecule is Cc1cccc(-c2cnc3nnn(Cc4ccc5ncccc5c4)c3n2)c1. The van der Waals surface area contributed by atoms with Crippen LogP contribution in [0.5, 0.6) is 0 Å². The summed E-state index contributed by atoms with van der Waals surface area (Å²) in [6.07, 6.45) is 3.55. The van der Waals surface area contributed by atoms with Gasteiger partial charge in [-0.1, -0.05) is 41.1 Å². The van der Waals surface area contributed by atoms with Crippen molar-refractivity contribution in [3.8, 4) is 11.3 Å². The Labute approximate surface area is 155 Å². The third-order valence-corrected chi connectivity index (χ3v) is 4.54. The van der Waals surface area contributed by atoms with Gasteiger partial charge in [-0.25, -0.2) is 14.6 Å². The van der Waals surface area contributed by atoms with Gasteiger partial charge in [0, 0.05) is 17.1 Å². The topological polar surface area (TPSA) is 69.4 Å². The lowest BCUT2D eigenvalue weighted by atomic mass is 10.1. The van der Waals surface area contributed by atoms with E-state index in [4.69, 9.17) is 4.98 Å². The van der Waals surface area contributed by atoms with Crippen LogP contribution in [0.3, 0.4) is 0 Å². The van der Waals surface area contributed by atoms with E-state index in [-0.39, 0.29) is 0 Å². The summed E-state index contributed by atoms with van der Waals surface area (Å²) in [5, 5.41) is 9.51. The molecule has 0 saturated carbocycles. The van der Waals surface area contributed by atoms with Crippen molar-refractivity contribution in [1.82, 2.24) is 29.9 Å². The van der Waals surface area contributed by atoms with Gasteiger partial charge in [-0.15, -0.1) is 5.10 Å². The molecule has 3 aromatic heterocycles. The van der Waals surface area contributed by atoms with Gasteiger partial charge in [0.15, 0.2) is 5.65 Å². The molecule has 2 aromatic carbocycles. The third kappa shape index (κ3) is 2.91. The van der Waals surface area contributed by atoms with E-state index in [0.717, 1.165) is 27.7 Å². The quantitative estimate of drug-likeness (QED) is 0.494. The molecule has 6 nitrogen and oxygen atoms in total. The van der Waals surface area contributed by atoms with Crippen LogP contribution in [0.2, 0.25) is 0 Å². The van der Waals surface area contributed by atoms with E-state index < -0.39 is 0 Å². The number of fused-ring (bicyclic) bond motifs is 2. The van der Waals surface area contributed by atoms with Crippen molar-refractivity contribution in [3.05, 3.63) is 78.1 Å². The maximum Gasteiger partial charge on any atom is 0.221 e. The molecule has 0 spiro atoms. The minimum absolute atomic E-state index is 0.550. The van der Waals surface area contributed by atoms with Gasteiger partial charge in [0.05, 0.1) is 24.0 Å². The summed E-state index contributed by atoms with van der Waals surface area (Å²) < 4.78 is 1.79. The lowest BCUT2D eigenvalue weighted by Gasteiger charge is -2.05. The molecule has 27 heavy (non-hydrogen) atoms. The average molecular weight is 352 g/mol. The van der Waals surface area contributed by atoms with Gasteiger partial charge < -0.3 is 0 Å². The Morgan fingerprint density at radius 3 is 2.85 bits per heavy atom. The molecule has 130 valence electrons. The van der Waals surface area contributed by atoms with Crippen LogP contribution in [-0.4, -0.2) is 29.9 Å². The molecule has 5 aromatic rings. The number of aromatic nitrogens is 6. The Hall–Kier alpha value is -3.67. The van der Waals surface area contributed by atoms with Crippen LogP contribution in [0.15, 0.2) is 67.0 Å². The highest BCUT2D eigenvalue weighted by Gasteiger charge is 2.11. The molecule has 0 aliphatic carbocycles. The molecule has 0 unspecified atom stereocenters. The molecule has 0 amide bonds. The number of hydrogen-bond donors (Lipinski definition) is 0. The van der Waals surface area contributed by atoms with E-state index in [1.54, 1.807) is 17.1 Å². The average Bonchev–Trinajstić information content (AvgIpc) is 3.10. The van der Waals surface area contributed by atoms with Crippen LogP contribution in [0.25, 0.3) is 33.5 Å².